The van der Waals surface area contributed by atoms with E-state index in [1.165, 1.54) is 0 Å². The lowest BCUT2D eigenvalue weighted by Crippen LogP contribution is -2.30. The summed E-state index contributed by atoms with van der Waals surface area (Å²) in [5.74, 6) is -0.0537. The summed E-state index contributed by atoms with van der Waals surface area (Å²) in [7, 11) is 0. The fourth-order valence-electron chi connectivity index (χ4n) is 3.43. The molecule has 0 unspecified atom stereocenters. The molecule has 0 aliphatic carbocycles. The first-order valence-electron chi connectivity index (χ1n) is 7.34. The Morgan fingerprint density at radius 1 is 1.41 bits per heavy atom. The quantitative estimate of drug-likeness (QED) is 0.787. The minimum atomic E-state index is -0.465. The number of amides is 1. The number of aryl methyl sites for hydroxylation is 1. The third-order valence-corrected chi connectivity index (χ3v) is 4.78. The Bertz CT molecular complexity index is 779. The van der Waals surface area contributed by atoms with Crippen molar-refractivity contribution in [1.82, 2.24) is 15.2 Å². The number of aromatic nitrogens is 1. The molecule has 2 N–H and O–H groups in total. The lowest BCUT2D eigenvalue weighted by atomic mass is 10.1. The van der Waals surface area contributed by atoms with Gasteiger partial charge in [0.15, 0.2) is 0 Å². The van der Waals surface area contributed by atoms with Crippen LogP contribution in [0.3, 0.4) is 0 Å². The Hall–Kier alpha value is -1.69. The highest BCUT2D eigenvalue weighted by Gasteiger charge is 2.47. The van der Waals surface area contributed by atoms with Crippen LogP contribution in [-0.2, 0) is 4.79 Å². The zero-order valence-electron chi connectivity index (χ0n) is 12.1. The molecule has 1 aromatic heterocycles. The molecule has 1 amide bonds. The average Bonchev–Trinajstić information content (AvgIpc) is 2.98. The van der Waals surface area contributed by atoms with Gasteiger partial charge in [0.2, 0.25) is 5.91 Å². The van der Waals surface area contributed by atoms with Gasteiger partial charge in [-0.3, -0.25) is 9.69 Å². The summed E-state index contributed by atoms with van der Waals surface area (Å²) in [5.41, 5.74) is 2.76. The zero-order valence-corrected chi connectivity index (χ0v) is 12.8. The molecule has 0 saturated carbocycles. The van der Waals surface area contributed by atoms with E-state index in [2.05, 4.69) is 16.4 Å². The van der Waals surface area contributed by atoms with Crippen molar-refractivity contribution in [2.75, 3.05) is 6.54 Å². The number of nitrogens with one attached hydrogen (secondary N) is 1. The van der Waals surface area contributed by atoms with Crippen LogP contribution >= 0.6 is 11.6 Å². The third kappa shape index (κ3) is 2.08. The van der Waals surface area contributed by atoms with Crippen molar-refractivity contribution in [2.24, 2.45) is 0 Å². The lowest BCUT2D eigenvalue weighted by molar-refractivity contribution is -0.121. The van der Waals surface area contributed by atoms with E-state index in [-0.39, 0.29) is 18.1 Å². The van der Waals surface area contributed by atoms with E-state index >= 15 is 0 Å². The summed E-state index contributed by atoms with van der Waals surface area (Å²) >= 11 is 6.35. The van der Waals surface area contributed by atoms with Crippen LogP contribution < -0.4 is 5.32 Å². The summed E-state index contributed by atoms with van der Waals surface area (Å²) in [4.78, 5) is 18.5. The largest absolute Gasteiger partial charge is 0.392 e. The maximum absolute atomic E-state index is 12.1. The van der Waals surface area contributed by atoms with Crippen molar-refractivity contribution >= 4 is 28.4 Å². The van der Waals surface area contributed by atoms with Crippen LogP contribution in [-0.4, -0.2) is 39.6 Å². The fraction of sp³-hybridized carbons (Fsp3) is 0.375. The maximum Gasteiger partial charge on any atom is 0.239 e. The highest BCUT2D eigenvalue weighted by Crippen LogP contribution is 2.36. The Kier molecular flexibility index (Phi) is 3.11. The molecule has 2 fully saturated rings. The average molecular weight is 318 g/mol. The van der Waals surface area contributed by atoms with Gasteiger partial charge in [0.1, 0.15) is 11.3 Å². The second-order valence-corrected chi connectivity index (χ2v) is 6.44. The van der Waals surface area contributed by atoms with E-state index in [9.17, 15) is 9.90 Å². The van der Waals surface area contributed by atoms with Crippen molar-refractivity contribution < 1.29 is 9.90 Å². The van der Waals surface area contributed by atoms with E-state index in [1.54, 1.807) is 0 Å². The second kappa shape index (κ2) is 4.91. The topological polar surface area (TPSA) is 65.5 Å². The first-order chi connectivity index (χ1) is 10.5. The van der Waals surface area contributed by atoms with Crippen LogP contribution in [0.4, 0.5) is 0 Å². The van der Waals surface area contributed by atoms with Gasteiger partial charge in [0.25, 0.3) is 0 Å². The molecule has 2 aliphatic rings. The summed E-state index contributed by atoms with van der Waals surface area (Å²) in [6.07, 6.45) is -0.312. The van der Waals surface area contributed by atoms with E-state index in [4.69, 9.17) is 11.6 Å². The van der Waals surface area contributed by atoms with E-state index < -0.39 is 6.10 Å². The summed E-state index contributed by atoms with van der Waals surface area (Å²) in [5, 5.41) is 14.2. The molecule has 22 heavy (non-hydrogen) atoms. The molecule has 0 radical (unpaired) electrons. The number of aliphatic hydroxyl groups is 1. The van der Waals surface area contributed by atoms with Crippen molar-refractivity contribution in [3.8, 4) is 0 Å². The van der Waals surface area contributed by atoms with Gasteiger partial charge < -0.3 is 10.4 Å². The Morgan fingerprint density at radius 3 is 3.05 bits per heavy atom. The smallest absolute Gasteiger partial charge is 0.239 e. The number of benzene rings is 1. The normalized spacial score (nSPS) is 28.1. The number of halogens is 1. The van der Waals surface area contributed by atoms with Crippen molar-refractivity contribution in [2.45, 2.75) is 31.7 Å². The van der Waals surface area contributed by atoms with Crippen LogP contribution in [0.15, 0.2) is 24.3 Å². The zero-order chi connectivity index (χ0) is 15.4. The summed E-state index contributed by atoms with van der Waals surface area (Å²) in [6, 6.07) is 7.69. The number of nitrogens with zero attached hydrogens (tertiary/aromatic N) is 2. The van der Waals surface area contributed by atoms with E-state index in [1.807, 2.05) is 30.0 Å². The van der Waals surface area contributed by atoms with Crippen LogP contribution in [0.5, 0.6) is 0 Å². The third-order valence-electron chi connectivity index (χ3n) is 4.48. The molecule has 0 spiro atoms. The molecule has 2 aliphatic heterocycles. The maximum atomic E-state index is 12.1. The van der Waals surface area contributed by atoms with Crippen LogP contribution in [0.2, 0.25) is 5.15 Å². The SMILES string of the molecule is Cc1ccc2nc(Cl)c([C@@H]3NC(=O)[C@H]4C[C@@H](O)CN43)cc2c1. The molecule has 5 nitrogen and oxygen atoms in total. The number of aliphatic hydroxyl groups excluding tert-OH is 1. The molecule has 6 heteroatoms. The standard InChI is InChI=1S/C16H16ClN3O2/c1-8-2-3-12-9(4-8)5-11(14(17)18-12)15-19-16(22)13-6-10(21)7-20(13)15/h2-5,10,13,15,21H,6-7H2,1H3,(H,19,22)/t10-,13-,15-/m1/s1. The highest BCUT2D eigenvalue weighted by molar-refractivity contribution is 6.30. The molecule has 2 aromatic rings. The van der Waals surface area contributed by atoms with Gasteiger partial charge in [-0.05, 0) is 31.5 Å². The molecular weight excluding hydrogens is 302 g/mol. The van der Waals surface area contributed by atoms with Crippen molar-refractivity contribution in [3.05, 3.63) is 40.5 Å². The molecule has 114 valence electrons. The number of hydrogen-bond donors (Lipinski definition) is 2. The van der Waals surface area contributed by atoms with Crippen molar-refractivity contribution in [1.29, 1.82) is 0 Å². The van der Waals surface area contributed by atoms with Gasteiger partial charge in [-0.15, -0.1) is 0 Å². The molecular formula is C16H16ClN3O2. The predicted molar refractivity (Wildman–Crippen MR) is 83.5 cm³/mol. The molecule has 3 heterocycles. The van der Waals surface area contributed by atoms with Crippen LogP contribution in [0.1, 0.15) is 23.7 Å². The summed E-state index contributed by atoms with van der Waals surface area (Å²) < 4.78 is 0. The van der Waals surface area contributed by atoms with E-state index in [0.717, 1.165) is 22.0 Å². The van der Waals surface area contributed by atoms with Crippen molar-refractivity contribution in [3.63, 3.8) is 0 Å². The number of pyridine rings is 1. The lowest BCUT2D eigenvalue weighted by Gasteiger charge is -2.23. The van der Waals surface area contributed by atoms with Gasteiger partial charge in [-0.25, -0.2) is 4.98 Å². The fourth-order valence-corrected chi connectivity index (χ4v) is 3.68. The van der Waals surface area contributed by atoms with Gasteiger partial charge in [0, 0.05) is 17.5 Å². The number of carbonyl (C=O) groups excluding carboxylic acids is 1. The molecule has 3 atom stereocenters. The number of rotatable bonds is 1. The Labute approximate surface area is 132 Å². The van der Waals surface area contributed by atoms with Gasteiger partial charge in [-0.1, -0.05) is 23.2 Å². The summed E-state index contributed by atoms with van der Waals surface area (Å²) in [6.45, 7) is 2.49. The number of hydrogen-bond acceptors (Lipinski definition) is 4. The Morgan fingerprint density at radius 2 is 2.23 bits per heavy atom. The minimum absolute atomic E-state index is 0.0537. The molecule has 4 rings (SSSR count). The predicted octanol–water partition coefficient (Wildman–Crippen LogP) is 1.76. The first kappa shape index (κ1) is 13.9. The number of fused-ring (bicyclic) bond motifs is 2. The van der Waals surface area contributed by atoms with Gasteiger partial charge in [0.05, 0.1) is 17.7 Å². The van der Waals surface area contributed by atoms with E-state index in [0.29, 0.717) is 18.1 Å². The minimum Gasteiger partial charge on any atom is -0.392 e. The van der Waals surface area contributed by atoms with Gasteiger partial charge >= 0.3 is 0 Å². The molecule has 2 saturated heterocycles. The molecule has 1 aromatic carbocycles. The van der Waals surface area contributed by atoms with Gasteiger partial charge in [-0.2, -0.15) is 0 Å². The first-order valence-corrected chi connectivity index (χ1v) is 7.72. The Balaban J connectivity index is 1.80. The van der Waals surface area contributed by atoms with Crippen LogP contribution in [0.25, 0.3) is 10.9 Å². The number of carbonyl (C=O) groups is 1. The molecule has 0 bridgehead atoms. The monoisotopic (exact) mass is 317 g/mol. The van der Waals surface area contributed by atoms with Crippen LogP contribution in [0, 0.1) is 6.92 Å². The second-order valence-electron chi connectivity index (χ2n) is 6.08. The highest BCUT2D eigenvalue weighted by atomic mass is 35.5.